The van der Waals surface area contributed by atoms with Crippen LogP contribution in [0.5, 0.6) is 0 Å². The summed E-state index contributed by atoms with van der Waals surface area (Å²) in [6.07, 6.45) is 0.356. The van der Waals surface area contributed by atoms with Crippen LogP contribution in [0.2, 0.25) is 0 Å². The Balaban J connectivity index is 3.18. The molecule has 3 amide bonds. The van der Waals surface area contributed by atoms with Crippen molar-refractivity contribution < 1.29 is 14.4 Å². The number of anilines is 3. The zero-order valence-electron chi connectivity index (χ0n) is 18.7. The molecule has 0 aromatic heterocycles. The van der Waals surface area contributed by atoms with E-state index in [4.69, 9.17) is 0 Å². The smallest absolute Gasteiger partial charge is 0.229 e. The second-order valence-corrected chi connectivity index (χ2v) is 10.5. The first-order valence-electron chi connectivity index (χ1n) is 9.55. The monoisotopic (exact) mass is 389 g/mol. The van der Waals surface area contributed by atoms with Crippen molar-refractivity contribution in [3.8, 4) is 0 Å². The molecule has 6 nitrogen and oxygen atoms in total. The molecule has 0 unspecified atom stereocenters. The molecule has 0 bridgehead atoms. The molecular weight excluding hydrogens is 354 g/mol. The van der Waals surface area contributed by atoms with E-state index >= 15 is 0 Å². The number of carbonyl (C=O) groups is 3. The number of amides is 3. The van der Waals surface area contributed by atoms with Gasteiger partial charge in [0.15, 0.2) is 0 Å². The normalized spacial score (nSPS) is 12.3. The predicted molar refractivity (Wildman–Crippen MR) is 115 cm³/mol. The summed E-state index contributed by atoms with van der Waals surface area (Å²) in [5.74, 6) is -0.433. The van der Waals surface area contributed by atoms with Gasteiger partial charge in [-0.25, -0.2) is 0 Å². The second kappa shape index (κ2) is 8.33. The highest BCUT2D eigenvalue weighted by Gasteiger charge is 2.24. The van der Waals surface area contributed by atoms with Crippen LogP contribution in [0.1, 0.15) is 68.7 Å². The number of rotatable bonds is 4. The molecule has 6 heteroatoms. The minimum atomic E-state index is -0.569. The largest absolute Gasteiger partial charge is 0.326 e. The molecule has 1 aromatic carbocycles. The first kappa shape index (κ1) is 23.7. The first-order valence-corrected chi connectivity index (χ1v) is 9.55. The Labute approximate surface area is 168 Å². The lowest BCUT2D eigenvalue weighted by molar-refractivity contribution is -0.123. The van der Waals surface area contributed by atoms with Gasteiger partial charge in [0, 0.05) is 34.3 Å². The van der Waals surface area contributed by atoms with Crippen molar-refractivity contribution in [3.05, 3.63) is 18.2 Å². The van der Waals surface area contributed by atoms with Crippen molar-refractivity contribution in [2.24, 2.45) is 16.2 Å². The van der Waals surface area contributed by atoms with E-state index in [1.165, 1.54) is 0 Å². The molecule has 28 heavy (non-hydrogen) atoms. The highest BCUT2D eigenvalue weighted by Crippen LogP contribution is 2.27. The number of carbonyl (C=O) groups excluding carboxylic acids is 3. The van der Waals surface area contributed by atoms with Gasteiger partial charge >= 0.3 is 0 Å². The molecular formula is C22H35N3O3. The van der Waals surface area contributed by atoms with Gasteiger partial charge in [0.05, 0.1) is 0 Å². The molecule has 0 aliphatic heterocycles. The van der Waals surface area contributed by atoms with Crippen LogP contribution in [-0.2, 0) is 14.4 Å². The summed E-state index contributed by atoms with van der Waals surface area (Å²) < 4.78 is 0. The van der Waals surface area contributed by atoms with Crippen LogP contribution in [0.15, 0.2) is 18.2 Å². The van der Waals surface area contributed by atoms with Crippen LogP contribution in [0.4, 0.5) is 17.1 Å². The average Bonchev–Trinajstić information content (AvgIpc) is 2.42. The van der Waals surface area contributed by atoms with Gasteiger partial charge < -0.3 is 16.0 Å². The number of hydrogen-bond donors (Lipinski definition) is 3. The van der Waals surface area contributed by atoms with Crippen molar-refractivity contribution in [3.63, 3.8) is 0 Å². The lowest BCUT2D eigenvalue weighted by atomic mass is 9.92. The molecule has 0 atom stereocenters. The average molecular weight is 390 g/mol. The number of nitrogens with one attached hydrogen (secondary N) is 3. The van der Waals surface area contributed by atoms with Gasteiger partial charge in [-0.2, -0.15) is 0 Å². The van der Waals surface area contributed by atoms with Gasteiger partial charge in [-0.3, -0.25) is 14.4 Å². The molecule has 156 valence electrons. The zero-order valence-corrected chi connectivity index (χ0v) is 18.7. The van der Waals surface area contributed by atoms with Gasteiger partial charge in [0.25, 0.3) is 0 Å². The van der Waals surface area contributed by atoms with Crippen molar-refractivity contribution in [1.82, 2.24) is 0 Å². The quantitative estimate of drug-likeness (QED) is 0.675. The van der Waals surface area contributed by atoms with Crippen molar-refractivity contribution in [2.75, 3.05) is 16.0 Å². The Morgan fingerprint density at radius 1 is 0.643 bits per heavy atom. The molecule has 1 aromatic rings. The molecule has 0 aliphatic rings. The minimum Gasteiger partial charge on any atom is -0.326 e. The van der Waals surface area contributed by atoms with E-state index in [-0.39, 0.29) is 23.1 Å². The Kier molecular flexibility index (Phi) is 7.04. The highest BCUT2D eigenvalue weighted by molar-refractivity contribution is 6.00. The van der Waals surface area contributed by atoms with Crippen LogP contribution in [-0.4, -0.2) is 17.7 Å². The van der Waals surface area contributed by atoms with E-state index in [0.29, 0.717) is 23.5 Å². The van der Waals surface area contributed by atoms with E-state index in [2.05, 4.69) is 16.0 Å². The van der Waals surface area contributed by atoms with E-state index in [0.717, 1.165) is 0 Å². The lowest BCUT2D eigenvalue weighted by Gasteiger charge is -2.21. The first-order chi connectivity index (χ1) is 12.5. The van der Waals surface area contributed by atoms with E-state index in [1.807, 2.05) is 62.3 Å². The highest BCUT2D eigenvalue weighted by atomic mass is 16.2. The van der Waals surface area contributed by atoms with Crippen LogP contribution >= 0.6 is 0 Å². The van der Waals surface area contributed by atoms with E-state index in [1.54, 1.807) is 18.2 Å². The maximum atomic E-state index is 12.4. The fourth-order valence-electron chi connectivity index (χ4n) is 2.17. The fraction of sp³-hybridized carbons (Fsp3) is 0.591. The van der Waals surface area contributed by atoms with E-state index < -0.39 is 10.8 Å². The third-order valence-electron chi connectivity index (χ3n) is 3.79. The summed E-state index contributed by atoms with van der Waals surface area (Å²) >= 11 is 0. The molecule has 3 N–H and O–H groups in total. The summed E-state index contributed by atoms with van der Waals surface area (Å²) in [6, 6.07) is 5.07. The summed E-state index contributed by atoms with van der Waals surface area (Å²) in [7, 11) is 0. The number of hydrogen-bond acceptors (Lipinski definition) is 3. The molecule has 0 heterocycles. The minimum absolute atomic E-state index is 0.125. The predicted octanol–water partition coefficient (Wildman–Crippen LogP) is 5.03. The summed E-state index contributed by atoms with van der Waals surface area (Å²) in [5.41, 5.74) is 0.257. The van der Waals surface area contributed by atoms with Gasteiger partial charge in [-0.15, -0.1) is 0 Å². The van der Waals surface area contributed by atoms with Crippen LogP contribution in [0.25, 0.3) is 0 Å². The van der Waals surface area contributed by atoms with Gasteiger partial charge in [-0.1, -0.05) is 62.3 Å². The summed E-state index contributed by atoms with van der Waals surface area (Å²) in [5, 5.41) is 8.57. The van der Waals surface area contributed by atoms with Crippen molar-refractivity contribution in [1.29, 1.82) is 0 Å². The van der Waals surface area contributed by atoms with Gasteiger partial charge in [-0.05, 0) is 23.6 Å². The van der Waals surface area contributed by atoms with Gasteiger partial charge in [0.1, 0.15) is 0 Å². The Bertz CT molecular complexity index is 702. The third kappa shape index (κ3) is 8.11. The summed E-state index contributed by atoms with van der Waals surface area (Å²) in [4.78, 5) is 37.1. The Morgan fingerprint density at radius 2 is 0.964 bits per heavy atom. The number of benzene rings is 1. The zero-order chi connectivity index (χ0) is 21.9. The fourth-order valence-corrected chi connectivity index (χ4v) is 2.17. The second-order valence-electron chi connectivity index (χ2n) is 10.5. The molecule has 0 saturated carbocycles. The molecule has 0 radical (unpaired) electrons. The van der Waals surface area contributed by atoms with Gasteiger partial charge in [0.2, 0.25) is 17.7 Å². The topological polar surface area (TPSA) is 87.3 Å². The molecule has 0 aliphatic carbocycles. The molecule has 1 rings (SSSR count). The molecule has 0 spiro atoms. The molecule has 0 fully saturated rings. The van der Waals surface area contributed by atoms with Crippen LogP contribution in [0.3, 0.4) is 0 Å². The standard InChI is InChI=1S/C22H35N3O3/c1-20(2,3)13-17(26)23-14-10-15(24-18(27)21(4,5)6)12-16(11-14)25-19(28)22(7,8)9/h10-12H,13H2,1-9H3,(H,23,26)(H,24,27)(H,25,28). The van der Waals surface area contributed by atoms with Crippen molar-refractivity contribution in [2.45, 2.75) is 68.7 Å². The molecule has 0 saturated heterocycles. The third-order valence-corrected chi connectivity index (χ3v) is 3.79. The van der Waals surface area contributed by atoms with Crippen LogP contribution in [0, 0.1) is 16.2 Å². The SMILES string of the molecule is CC(C)(C)CC(=O)Nc1cc(NC(=O)C(C)(C)C)cc(NC(=O)C(C)(C)C)c1. The summed E-state index contributed by atoms with van der Waals surface area (Å²) in [6.45, 7) is 16.9. The maximum absolute atomic E-state index is 12.4. The van der Waals surface area contributed by atoms with Crippen molar-refractivity contribution >= 4 is 34.8 Å². The van der Waals surface area contributed by atoms with Crippen LogP contribution < -0.4 is 16.0 Å². The maximum Gasteiger partial charge on any atom is 0.229 e. The lowest BCUT2D eigenvalue weighted by Crippen LogP contribution is -2.29. The Morgan fingerprint density at radius 3 is 1.25 bits per heavy atom. The Hall–Kier alpha value is -2.37. The van der Waals surface area contributed by atoms with E-state index in [9.17, 15) is 14.4 Å².